The van der Waals surface area contributed by atoms with Gasteiger partial charge in [-0.2, -0.15) is 0 Å². The molecule has 0 fully saturated rings. The number of aromatic nitrogens is 2. The molecule has 94 valence electrons. The summed E-state index contributed by atoms with van der Waals surface area (Å²) in [5.41, 5.74) is 5.83. The van der Waals surface area contributed by atoms with Crippen LogP contribution in [0.3, 0.4) is 0 Å². The molecule has 0 saturated heterocycles. The Hall–Kier alpha value is -2.11. The van der Waals surface area contributed by atoms with E-state index in [0.717, 1.165) is 6.07 Å². The van der Waals surface area contributed by atoms with E-state index in [1.54, 1.807) is 0 Å². The number of nitrogens with zero attached hydrogens (tertiary/aromatic N) is 2. The highest BCUT2D eigenvalue weighted by atomic mass is 19.1. The minimum Gasteiger partial charge on any atom is -0.381 e. The van der Waals surface area contributed by atoms with Crippen molar-refractivity contribution >= 4 is 5.82 Å². The summed E-state index contributed by atoms with van der Waals surface area (Å²) in [6, 6.07) is 3.11. The van der Waals surface area contributed by atoms with Crippen molar-refractivity contribution < 1.29 is 13.2 Å². The van der Waals surface area contributed by atoms with Crippen LogP contribution in [0.4, 0.5) is 19.0 Å². The Morgan fingerprint density at radius 1 is 1.06 bits per heavy atom. The molecule has 0 unspecified atom stereocenters. The fourth-order valence-electron chi connectivity index (χ4n) is 1.62. The second-order valence-corrected chi connectivity index (χ2v) is 3.88. The first-order valence-corrected chi connectivity index (χ1v) is 5.19. The SMILES string of the molecule is Cc1nc(Cc2cc(F)cc(F)c2)nc(N)c1F. The molecule has 1 heterocycles. The van der Waals surface area contributed by atoms with Crippen LogP contribution < -0.4 is 5.73 Å². The fourth-order valence-corrected chi connectivity index (χ4v) is 1.62. The van der Waals surface area contributed by atoms with E-state index >= 15 is 0 Å². The van der Waals surface area contributed by atoms with Gasteiger partial charge in [0, 0.05) is 12.5 Å². The summed E-state index contributed by atoms with van der Waals surface area (Å²) < 4.78 is 39.2. The number of halogens is 3. The molecule has 3 nitrogen and oxygen atoms in total. The fraction of sp³-hybridized carbons (Fsp3) is 0.167. The molecule has 18 heavy (non-hydrogen) atoms. The first kappa shape index (κ1) is 12.3. The van der Waals surface area contributed by atoms with Crippen molar-refractivity contribution in [1.82, 2.24) is 9.97 Å². The smallest absolute Gasteiger partial charge is 0.186 e. The highest BCUT2D eigenvalue weighted by Gasteiger charge is 2.10. The lowest BCUT2D eigenvalue weighted by atomic mass is 10.1. The van der Waals surface area contributed by atoms with E-state index in [2.05, 4.69) is 9.97 Å². The summed E-state index contributed by atoms with van der Waals surface area (Å²) >= 11 is 0. The van der Waals surface area contributed by atoms with Gasteiger partial charge in [-0.05, 0) is 24.6 Å². The Kier molecular flexibility index (Phi) is 3.18. The molecule has 0 aliphatic rings. The van der Waals surface area contributed by atoms with Gasteiger partial charge in [-0.1, -0.05) is 0 Å². The zero-order valence-corrected chi connectivity index (χ0v) is 9.54. The molecule has 1 aromatic heterocycles. The molecule has 0 amide bonds. The second kappa shape index (κ2) is 4.64. The van der Waals surface area contributed by atoms with Crippen molar-refractivity contribution in [1.29, 1.82) is 0 Å². The predicted octanol–water partition coefficient (Wildman–Crippen LogP) is 2.38. The van der Waals surface area contributed by atoms with E-state index in [4.69, 9.17) is 5.73 Å². The molecule has 2 aromatic rings. The number of nitrogens with two attached hydrogens (primary N) is 1. The maximum absolute atomic E-state index is 13.2. The van der Waals surface area contributed by atoms with Gasteiger partial charge in [0.1, 0.15) is 17.5 Å². The number of hydrogen-bond acceptors (Lipinski definition) is 3. The van der Waals surface area contributed by atoms with Gasteiger partial charge in [-0.3, -0.25) is 0 Å². The van der Waals surface area contributed by atoms with Crippen molar-refractivity contribution in [2.24, 2.45) is 0 Å². The molecule has 2 rings (SSSR count). The lowest BCUT2D eigenvalue weighted by molar-refractivity contribution is 0.579. The van der Waals surface area contributed by atoms with Gasteiger partial charge < -0.3 is 5.73 Å². The van der Waals surface area contributed by atoms with Crippen LogP contribution in [0.5, 0.6) is 0 Å². The number of nitrogen functional groups attached to an aromatic ring is 1. The second-order valence-electron chi connectivity index (χ2n) is 3.88. The van der Waals surface area contributed by atoms with Crippen molar-refractivity contribution in [3.63, 3.8) is 0 Å². The highest BCUT2D eigenvalue weighted by Crippen LogP contribution is 2.14. The zero-order valence-electron chi connectivity index (χ0n) is 9.54. The van der Waals surface area contributed by atoms with Gasteiger partial charge in [-0.25, -0.2) is 23.1 Å². The average Bonchev–Trinajstić information content (AvgIpc) is 2.24. The molecule has 0 aliphatic carbocycles. The molecule has 6 heteroatoms. The Labute approximate surface area is 101 Å². The third kappa shape index (κ3) is 2.58. The van der Waals surface area contributed by atoms with Crippen LogP contribution in [0, 0.1) is 24.4 Å². The zero-order chi connectivity index (χ0) is 13.3. The highest BCUT2D eigenvalue weighted by molar-refractivity contribution is 5.33. The van der Waals surface area contributed by atoms with Gasteiger partial charge in [0.15, 0.2) is 11.6 Å². The minimum absolute atomic E-state index is 0.0833. The quantitative estimate of drug-likeness (QED) is 0.893. The number of aryl methyl sites for hydroxylation is 1. The Balaban J connectivity index is 2.34. The lowest BCUT2D eigenvalue weighted by Gasteiger charge is -2.05. The van der Waals surface area contributed by atoms with Crippen LogP contribution in [-0.2, 0) is 6.42 Å². The molecule has 0 spiro atoms. The normalized spacial score (nSPS) is 10.7. The first-order chi connectivity index (χ1) is 8.45. The van der Waals surface area contributed by atoms with Crippen LogP contribution in [0.1, 0.15) is 17.1 Å². The molecular formula is C12H10F3N3. The van der Waals surface area contributed by atoms with E-state index in [1.165, 1.54) is 19.1 Å². The lowest BCUT2D eigenvalue weighted by Crippen LogP contribution is -2.06. The van der Waals surface area contributed by atoms with Gasteiger partial charge in [0.2, 0.25) is 0 Å². The number of rotatable bonds is 2. The average molecular weight is 253 g/mol. The molecular weight excluding hydrogens is 243 g/mol. The van der Waals surface area contributed by atoms with E-state index in [-0.39, 0.29) is 23.8 Å². The summed E-state index contributed by atoms with van der Waals surface area (Å²) in [6.07, 6.45) is 0.0833. The molecule has 0 bridgehead atoms. The number of hydrogen-bond donors (Lipinski definition) is 1. The summed E-state index contributed by atoms with van der Waals surface area (Å²) in [4.78, 5) is 7.61. The van der Waals surface area contributed by atoms with Gasteiger partial charge in [0.25, 0.3) is 0 Å². The van der Waals surface area contributed by atoms with E-state index in [1.807, 2.05) is 0 Å². The summed E-state index contributed by atoms with van der Waals surface area (Å²) in [7, 11) is 0. The van der Waals surface area contributed by atoms with E-state index in [9.17, 15) is 13.2 Å². The summed E-state index contributed by atoms with van der Waals surface area (Å²) in [6.45, 7) is 1.45. The van der Waals surface area contributed by atoms with Crippen molar-refractivity contribution in [2.45, 2.75) is 13.3 Å². The molecule has 0 radical (unpaired) electrons. The molecule has 0 atom stereocenters. The van der Waals surface area contributed by atoms with Crippen molar-refractivity contribution in [2.75, 3.05) is 5.73 Å². The van der Waals surface area contributed by atoms with Crippen LogP contribution >= 0.6 is 0 Å². The Morgan fingerprint density at radius 3 is 2.22 bits per heavy atom. The van der Waals surface area contributed by atoms with Crippen LogP contribution in [0.15, 0.2) is 18.2 Å². The van der Waals surface area contributed by atoms with E-state index in [0.29, 0.717) is 5.56 Å². The van der Waals surface area contributed by atoms with Crippen LogP contribution in [-0.4, -0.2) is 9.97 Å². The van der Waals surface area contributed by atoms with Gasteiger partial charge in [-0.15, -0.1) is 0 Å². The topological polar surface area (TPSA) is 51.8 Å². The number of benzene rings is 1. The Bertz CT molecular complexity index is 556. The maximum Gasteiger partial charge on any atom is 0.186 e. The first-order valence-electron chi connectivity index (χ1n) is 5.19. The largest absolute Gasteiger partial charge is 0.381 e. The minimum atomic E-state index is -0.684. The molecule has 2 N–H and O–H groups in total. The monoisotopic (exact) mass is 253 g/mol. The Morgan fingerprint density at radius 2 is 1.67 bits per heavy atom. The summed E-state index contributed by atoms with van der Waals surface area (Å²) in [5.74, 6) is -2.09. The summed E-state index contributed by atoms with van der Waals surface area (Å²) in [5, 5.41) is 0. The third-order valence-corrected chi connectivity index (χ3v) is 2.37. The van der Waals surface area contributed by atoms with Gasteiger partial charge >= 0.3 is 0 Å². The van der Waals surface area contributed by atoms with E-state index < -0.39 is 17.5 Å². The van der Waals surface area contributed by atoms with Crippen LogP contribution in [0.2, 0.25) is 0 Å². The van der Waals surface area contributed by atoms with Crippen molar-refractivity contribution in [3.8, 4) is 0 Å². The maximum atomic E-state index is 13.2. The third-order valence-electron chi connectivity index (χ3n) is 2.37. The standard InChI is InChI=1S/C12H10F3N3/c1-6-11(15)12(16)18-10(17-6)4-7-2-8(13)5-9(14)3-7/h2-3,5H,4H2,1H3,(H2,16,17,18). The molecule has 1 aromatic carbocycles. The van der Waals surface area contributed by atoms with Crippen molar-refractivity contribution in [3.05, 3.63) is 52.7 Å². The molecule has 0 aliphatic heterocycles. The molecule has 0 saturated carbocycles. The van der Waals surface area contributed by atoms with Gasteiger partial charge in [0.05, 0.1) is 5.69 Å². The predicted molar refractivity (Wildman–Crippen MR) is 60.3 cm³/mol. The number of anilines is 1. The van der Waals surface area contributed by atoms with Crippen LogP contribution in [0.25, 0.3) is 0 Å².